The molecule has 4 aromatic heterocycles. The third kappa shape index (κ3) is 24.7. The predicted octanol–water partition coefficient (Wildman–Crippen LogP) is 14.9. The summed E-state index contributed by atoms with van der Waals surface area (Å²) in [6.45, 7) is 0. The molecule has 4 nitrogen and oxygen atoms in total. The van der Waals surface area contributed by atoms with Gasteiger partial charge < -0.3 is 0 Å². The fourth-order valence-electron chi connectivity index (χ4n) is 8.22. The number of aromatic nitrogens is 4. The standard InChI is InChI=1S/4C17H14NP.4Ag.4HI/c4*1-3-9-15(10-4-1)19(16-11-5-2-6-12-16)17-13-7-8-14-18-17;;;;;;;;/h4*1-14H;;;;;4*1H/q;;;;4*+1;;;;/p-4. The fourth-order valence-corrected chi connectivity index (χ4v) is 17.0. The van der Waals surface area contributed by atoms with E-state index in [0.29, 0.717) is 0 Å². The molecule has 0 amide bonds. The van der Waals surface area contributed by atoms with Crippen LogP contribution in [0.4, 0.5) is 0 Å². The van der Waals surface area contributed by atoms with Crippen LogP contribution >= 0.6 is 108 Å². The van der Waals surface area contributed by atoms with Gasteiger partial charge in [0, 0.05) is 56.5 Å². The Morgan fingerprint density at radius 3 is 0.393 bits per heavy atom. The second kappa shape index (κ2) is 46.1. The van der Waals surface area contributed by atoms with E-state index < -0.39 is 31.7 Å². The minimum absolute atomic E-state index is 0.557. The average Bonchev–Trinajstić information content (AvgIpc) is 3.65. The minimum Gasteiger partial charge on any atom is -0.256 e. The van der Waals surface area contributed by atoms with Crippen LogP contribution in [0.25, 0.3) is 0 Å². The van der Waals surface area contributed by atoms with Gasteiger partial charge in [0.2, 0.25) is 0 Å². The van der Waals surface area contributed by atoms with Gasteiger partial charge in [0.25, 0.3) is 0 Å². The maximum atomic E-state index is 4.56. The molecule has 0 spiro atoms. The molecule has 4 heterocycles. The van der Waals surface area contributed by atoms with Crippen molar-refractivity contribution in [1.82, 2.24) is 19.9 Å². The van der Waals surface area contributed by atoms with E-state index in [2.05, 4.69) is 380 Å². The van der Waals surface area contributed by atoms with Crippen LogP contribution in [0.3, 0.4) is 0 Å². The van der Waals surface area contributed by atoms with Crippen molar-refractivity contribution in [2.75, 3.05) is 0 Å². The number of rotatable bonds is 12. The van der Waals surface area contributed by atoms with Crippen molar-refractivity contribution in [3.05, 3.63) is 340 Å². The van der Waals surface area contributed by atoms with Crippen molar-refractivity contribution >= 4 is 172 Å². The Labute approximate surface area is 592 Å². The summed E-state index contributed by atoms with van der Waals surface area (Å²) < 4.78 is 0. The van der Waals surface area contributed by atoms with Crippen LogP contribution < -0.4 is 64.2 Å². The van der Waals surface area contributed by atoms with Crippen molar-refractivity contribution in [3.63, 3.8) is 0 Å². The summed E-state index contributed by atoms with van der Waals surface area (Å²) >= 11 is 19.5. The quantitative estimate of drug-likeness (QED) is 0.0695. The van der Waals surface area contributed by atoms with Gasteiger partial charge in [0.1, 0.15) is 0 Å². The summed E-state index contributed by atoms with van der Waals surface area (Å²) in [6.07, 6.45) is 7.49. The molecular formula is C68H56Ag4I4N4P4. The largest absolute Gasteiger partial charge is 0.256 e. The molecule has 84 heavy (non-hydrogen) atoms. The first-order chi connectivity index (χ1) is 41.8. The molecule has 0 aliphatic heterocycles. The number of pyridine rings is 4. The van der Waals surface area contributed by atoms with Crippen LogP contribution in [0, 0.1) is 0 Å². The summed E-state index contributed by atoms with van der Waals surface area (Å²) in [6, 6.07) is 110. The van der Waals surface area contributed by atoms with E-state index in [0.717, 1.165) is 21.7 Å². The first-order valence-electron chi connectivity index (χ1n) is 25.5. The molecule has 0 N–H and O–H groups in total. The molecule has 0 aliphatic rings. The van der Waals surface area contributed by atoms with Crippen molar-refractivity contribution in [3.8, 4) is 0 Å². The Hall–Kier alpha value is -2.04. The minimum atomic E-state index is -0.557. The van der Waals surface area contributed by atoms with E-state index in [9.17, 15) is 0 Å². The molecule has 12 aromatic rings. The summed E-state index contributed by atoms with van der Waals surface area (Å²) in [7, 11) is -2.23. The SMILES string of the molecule is [Ag][I].[Ag][I].[Ag][I].[Ag][I].c1ccc(P(c2ccccc2)c2ccccn2)cc1.c1ccc(P(c2ccccc2)c2ccccn2)cc1.c1ccc(P(c2ccccc2)c2ccccn2)cc1.c1ccc(P(c2ccccc2)c2ccccn2)cc1. The second-order valence-corrected chi connectivity index (χ2v) is 25.4. The summed E-state index contributed by atoms with van der Waals surface area (Å²) in [5, 5.41) is 10.7. The van der Waals surface area contributed by atoms with Crippen molar-refractivity contribution in [2.24, 2.45) is 0 Å². The first kappa shape index (κ1) is 72.7. The topological polar surface area (TPSA) is 51.6 Å². The van der Waals surface area contributed by atoms with Gasteiger partial charge in [-0.1, -0.05) is 267 Å². The number of nitrogens with zero attached hydrogens (tertiary/aromatic N) is 4. The molecule has 0 fully saturated rings. The molecule has 0 bridgehead atoms. The molecule has 0 radical (unpaired) electrons. The zero-order valence-electron chi connectivity index (χ0n) is 44.6. The average molecular weight is 1990 g/mol. The number of hydrogen-bond acceptors (Lipinski definition) is 4. The van der Waals surface area contributed by atoms with Gasteiger partial charge in [0.05, 0.1) is 21.7 Å². The molecule has 440 valence electrons. The summed E-state index contributed by atoms with van der Waals surface area (Å²) in [4.78, 5) is 18.2. The monoisotopic (exact) mass is 1990 g/mol. The van der Waals surface area contributed by atoms with Crippen LogP contribution in [-0.4, -0.2) is 19.9 Å². The zero-order valence-corrected chi connectivity index (χ0v) is 62.8. The summed E-state index contributed by atoms with van der Waals surface area (Å²) in [5.41, 5.74) is 4.59. The van der Waals surface area contributed by atoms with Gasteiger partial charge in [0.15, 0.2) is 0 Å². The Kier molecular flexibility index (Phi) is 39.9. The van der Waals surface area contributed by atoms with E-state index in [1.165, 1.54) is 42.4 Å². The predicted molar refractivity (Wildman–Crippen MR) is 388 cm³/mol. The Bertz CT molecular complexity index is 2640. The van der Waals surface area contributed by atoms with E-state index in [-0.39, 0.29) is 0 Å². The van der Waals surface area contributed by atoms with E-state index in [4.69, 9.17) is 0 Å². The molecule has 0 saturated heterocycles. The van der Waals surface area contributed by atoms with Gasteiger partial charge in [-0.25, -0.2) is 0 Å². The molecule has 16 heteroatoms. The second-order valence-electron chi connectivity index (χ2n) is 16.8. The molecule has 12 rings (SSSR count). The van der Waals surface area contributed by atoms with E-state index in [1.807, 2.05) is 125 Å². The fraction of sp³-hybridized carbons (Fsp3) is 0. The van der Waals surface area contributed by atoms with Gasteiger partial charge in [-0.2, -0.15) is 0 Å². The Morgan fingerprint density at radius 2 is 0.286 bits per heavy atom. The van der Waals surface area contributed by atoms with Crippen molar-refractivity contribution in [2.45, 2.75) is 0 Å². The van der Waals surface area contributed by atoms with Crippen LogP contribution in [0.1, 0.15) is 0 Å². The smallest absolute Gasteiger partial charge is 0.0720 e. The van der Waals surface area contributed by atoms with Crippen LogP contribution in [0.5, 0.6) is 0 Å². The van der Waals surface area contributed by atoms with Gasteiger partial charge in [-0.15, -0.1) is 0 Å². The maximum absolute atomic E-state index is 4.56. The number of benzene rings is 8. The molecule has 0 aliphatic carbocycles. The third-order valence-corrected chi connectivity index (χ3v) is 21.0. The van der Waals surface area contributed by atoms with Crippen LogP contribution in [0.2, 0.25) is 0 Å². The van der Waals surface area contributed by atoms with E-state index >= 15 is 0 Å². The van der Waals surface area contributed by atoms with Crippen molar-refractivity contribution in [1.29, 1.82) is 0 Å². The molecule has 0 atom stereocenters. The zero-order chi connectivity index (χ0) is 59.7. The van der Waals surface area contributed by atoms with Gasteiger partial charge in [-0.3, -0.25) is 19.9 Å². The number of halogens is 4. The molecule has 0 saturated carbocycles. The van der Waals surface area contributed by atoms with Gasteiger partial charge >= 0.3 is 145 Å². The van der Waals surface area contributed by atoms with E-state index in [1.54, 1.807) is 0 Å². The van der Waals surface area contributed by atoms with Gasteiger partial charge in [-0.05, 0) is 91.0 Å². The maximum Gasteiger partial charge on any atom is 0.0720 e. The first-order valence-corrected chi connectivity index (χ1v) is 48.5. The Balaban J connectivity index is 0.000000197. The van der Waals surface area contributed by atoms with Crippen LogP contribution in [0.15, 0.2) is 340 Å². The molecule has 0 unspecified atom stereocenters. The third-order valence-electron chi connectivity index (χ3n) is 11.6. The van der Waals surface area contributed by atoms with Crippen molar-refractivity contribution < 1.29 is 69.0 Å². The molecule has 8 aromatic carbocycles. The molecular weight excluding hydrogens is 1940 g/mol. The van der Waals surface area contributed by atoms with Crippen LogP contribution in [-0.2, 0) is 69.0 Å². The summed E-state index contributed by atoms with van der Waals surface area (Å²) in [5.74, 6) is 0. The number of hydrogen-bond donors (Lipinski definition) is 0. The Morgan fingerprint density at radius 1 is 0.167 bits per heavy atom. The normalized spacial score (nSPS) is 9.90.